The Balaban J connectivity index is 2.06. The van der Waals surface area contributed by atoms with Crippen molar-refractivity contribution in [1.29, 1.82) is 0 Å². The van der Waals surface area contributed by atoms with Gasteiger partial charge in [-0.25, -0.2) is 14.3 Å². The summed E-state index contributed by atoms with van der Waals surface area (Å²) in [5.41, 5.74) is -1.17. The summed E-state index contributed by atoms with van der Waals surface area (Å²) in [7, 11) is 0. The van der Waals surface area contributed by atoms with E-state index in [0.717, 1.165) is 12.3 Å². The number of nitrogens with one attached hydrogen (secondary N) is 1. The summed E-state index contributed by atoms with van der Waals surface area (Å²) >= 11 is 0. The van der Waals surface area contributed by atoms with Gasteiger partial charge in [0.05, 0.1) is 24.1 Å². The highest BCUT2D eigenvalue weighted by Gasteiger charge is 2.38. The number of pyridine rings is 1. The highest BCUT2D eigenvalue weighted by molar-refractivity contribution is 5.92. The van der Waals surface area contributed by atoms with Crippen molar-refractivity contribution in [2.75, 3.05) is 11.9 Å². The van der Waals surface area contributed by atoms with Crippen molar-refractivity contribution in [3.63, 3.8) is 0 Å². The summed E-state index contributed by atoms with van der Waals surface area (Å²) in [5.74, 6) is -1.16. The van der Waals surface area contributed by atoms with Gasteiger partial charge in [0, 0.05) is 18.7 Å². The van der Waals surface area contributed by atoms with E-state index in [0.29, 0.717) is 5.65 Å². The number of hydrogen-bond donors (Lipinski definition) is 1. The molecule has 11 heteroatoms. The van der Waals surface area contributed by atoms with Crippen LogP contribution in [-0.2, 0) is 15.7 Å². The number of imidazole rings is 1. The molecule has 3 rings (SSSR count). The van der Waals surface area contributed by atoms with Gasteiger partial charge in [-0.3, -0.25) is 9.78 Å². The molecule has 0 aliphatic carbocycles. The second-order valence-corrected chi connectivity index (χ2v) is 5.67. The molecule has 0 saturated heterocycles. The summed E-state index contributed by atoms with van der Waals surface area (Å²) in [4.78, 5) is 30.6. The summed E-state index contributed by atoms with van der Waals surface area (Å²) in [6.45, 7) is 2.74. The lowest BCUT2D eigenvalue weighted by Gasteiger charge is -2.12. The predicted octanol–water partition coefficient (Wildman–Crippen LogP) is 2.95. The van der Waals surface area contributed by atoms with Gasteiger partial charge < -0.3 is 10.1 Å². The zero-order valence-electron chi connectivity index (χ0n) is 14.7. The predicted molar refractivity (Wildman–Crippen MR) is 91.5 cm³/mol. The standard InChI is InChI=1S/C17H14F3N5O3/c1-3-28-16(27)11-6-10(7-21-15(11)17(18,19)20)12-4-5-14-23-13(22-9(2)26)8-25(14)24-12/h4-8H,3H2,1-2H3,(H,22,26). The molecule has 0 spiro atoms. The van der Waals surface area contributed by atoms with Crippen LogP contribution in [0.5, 0.6) is 0 Å². The van der Waals surface area contributed by atoms with Gasteiger partial charge in [-0.05, 0) is 25.1 Å². The van der Waals surface area contributed by atoms with Gasteiger partial charge in [0.25, 0.3) is 0 Å². The number of ether oxygens (including phenoxy) is 1. The molecule has 0 fully saturated rings. The highest BCUT2D eigenvalue weighted by Crippen LogP contribution is 2.32. The molecule has 3 aromatic heterocycles. The van der Waals surface area contributed by atoms with E-state index in [2.05, 4.69) is 20.4 Å². The maximum absolute atomic E-state index is 13.2. The van der Waals surface area contributed by atoms with Crippen LogP contribution in [0.1, 0.15) is 29.9 Å². The minimum atomic E-state index is -4.81. The van der Waals surface area contributed by atoms with Crippen LogP contribution in [0, 0.1) is 0 Å². The molecule has 3 aromatic rings. The van der Waals surface area contributed by atoms with E-state index in [1.807, 2.05) is 0 Å². The van der Waals surface area contributed by atoms with E-state index in [4.69, 9.17) is 4.74 Å². The fourth-order valence-electron chi connectivity index (χ4n) is 2.47. The molecule has 0 bridgehead atoms. The maximum atomic E-state index is 13.2. The zero-order chi connectivity index (χ0) is 20.5. The van der Waals surface area contributed by atoms with Crippen molar-refractivity contribution in [2.45, 2.75) is 20.0 Å². The Kier molecular flexibility index (Phi) is 4.99. The SMILES string of the molecule is CCOC(=O)c1cc(-c2ccc3nc(NC(C)=O)cn3n2)cnc1C(F)(F)F. The van der Waals surface area contributed by atoms with Gasteiger partial charge in [0.1, 0.15) is 0 Å². The van der Waals surface area contributed by atoms with E-state index in [9.17, 15) is 22.8 Å². The molecule has 0 aromatic carbocycles. The number of alkyl halides is 3. The van der Waals surface area contributed by atoms with E-state index in [1.165, 1.54) is 30.6 Å². The van der Waals surface area contributed by atoms with E-state index in [1.54, 1.807) is 6.07 Å². The molecule has 28 heavy (non-hydrogen) atoms. The number of anilines is 1. The van der Waals surface area contributed by atoms with Crippen molar-refractivity contribution in [1.82, 2.24) is 19.6 Å². The molecule has 1 amide bonds. The molecule has 0 atom stereocenters. The van der Waals surface area contributed by atoms with Gasteiger partial charge >= 0.3 is 12.1 Å². The molecule has 0 saturated carbocycles. The highest BCUT2D eigenvalue weighted by atomic mass is 19.4. The van der Waals surface area contributed by atoms with E-state index < -0.39 is 23.4 Å². The number of carbonyl (C=O) groups is 2. The minimum Gasteiger partial charge on any atom is -0.462 e. The molecular weight excluding hydrogens is 379 g/mol. The number of aromatic nitrogens is 4. The first kappa shape index (κ1) is 19.3. The van der Waals surface area contributed by atoms with Crippen LogP contribution in [-0.4, -0.2) is 38.1 Å². The van der Waals surface area contributed by atoms with Gasteiger partial charge in [-0.1, -0.05) is 0 Å². The largest absolute Gasteiger partial charge is 0.462 e. The molecular formula is C17H14F3N5O3. The number of fused-ring (bicyclic) bond motifs is 1. The summed E-state index contributed by atoms with van der Waals surface area (Å²) < 4.78 is 45.6. The van der Waals surface area contributed by atoms with Crippen molar-refractivity contribution in [3.05, 3.63) is 41.9 Å². The molecule has 3 heterocycles. The van der Waals surface area contributed by atoms with E-state index >= 15 is 0 Å². The Hall–Kier alpha value is -3.50. The lowest BCUT2D eigenvalue weighted by atomic mass is 10.1. The topological polar surface area (TPSA) is 98.5 Å². The average Bonchev–Trinajstić information content (AvgIpc) is 3.01. The van der Waals surface area contributed by atoms with Gasteiger partial charge in [-0.2, -0.15) is 18.3 Å². The van der Waals surface area contributed by atoms with Gasteiger partial charge in [0.15, 0.2) is 17.2 Å². The minimum absolute atomic E-state index is 0.0778. The van der Waals surface area contributed by atoms with Gasteiger partial charge in [0.2, 0.25) is 5.91 Å². The summed E-state index contributed by atoms with van der Waals surface area (Å²) in [5, 5.41) is 6.75. The smallest absolute Gasteiger partial charge is 0.434 e. The lowest BCUT2D eigenvalue weighted by Crippen LogP contribution is -2.17. The molecule has 0 unspecified atom stereocenters. The molecule has 0 radical (unpaired) electrons. The Morgan fingerprint density at radius 2 is 2.04 bits per heavy atom. The van der Waals surface area contributed by atoms with E-state index in [-0.39, 0.29) is 29.6 Å². The van der Waals surface area contributed by atoms with Crippen LogP contribution in [0.2, 0.25) is 0 Å². The van der Waals surface area contributed by atoms with Gasteiger partial charge in [-0.15, -0.1) is 0 Å². The molecule has 1 N–H and O–H groups in total. The number of esters is 1. The van der Waals surface area contributed by atoms with Crippen LogP contribution in [0.15, 0.2) is 30.6 Å². The summed E-state index contributed by atoms with van der Waals surface area (Å²) in [6, 6.07) is 4.11. The Morgan fingerprint density at radius 3 is 2.68 bits per heavy atom. The molecule has 0 aliphatic rings. The number of rotatable bonds is 4. The number of hydrogen-bond acceptors (Lipinski definition) is 6. The van der Waals surface area contributed by atoms with Crippen LogP contribution >= 0.6 is 0 Å². The molecule has 0 aliphatic heterocycles. The average molecular weight is 393 g/mol. The second-order valence-electron chi connectivity index (χ2n) is 5.67. The zero-order valence-corrected chi connectivity index (χ0v) is 14.7. The maximum Gasteiger partial charge on any atom is 0.434 e. The third-order valence-electron chi connectivity index (χ3n) is 3.57. The normalized spacial score (nSPS) is 11.5. The van der Waals surface area contributed by atoms with Crippen molar-refractivity contribution < 1.29 is 27.5 Å². The molecule has 8 nitrogen and oxygen atoms in total. The number of amides is 1. The summed E-state index contributed by atoms with van der Waals surface area (Å²) in [6.07, 6.45) is -2.38. The third-order valence-corrected chi connectivity index (χ3v) is 3.57. The fraction of sp³-hybridized carbons (Fsp3) is 0.235. The first-order chi connectivity index (χ1) is 13.2. The first-order valence-electron chi connectivity index (χ1n) is 8.07. The van der Waals surface area contributed by atoms with Crippen molar-refractivity contribution in [3.8, 4) is 11.3 Å². The van der Waals surface area contributed by atoms with Crippen LogP contribution in [0.4, 0.5) is 19.0 Å². The first-order valence-corrected chi connectivity index (χ1v) is 8.07. The van der Waals surface area contributed by atoms with Crippen LogP contribution in [0.3, 0.4) is 0 Å². The Morgan fingerprint density at radius 1 is 1.29 bits per heavy atom. The van der Waals surface area contributed by atoms with Crippen LogP contribution < -0.4 is 5.32 Å². The fourth-order valence-corrected chi connectivity index (χ4v) is 2.47. The molecule has 146 valence electrons. The quantitative estimate of drug-likeness (QED) is 0.685. The number of nitrogens with zero attached hydrogens (tertiary/aromatic N) is 4. The second kappa shape index (κ2) is 7.25. The lowest BCUT2D eigenvalue weighted by molar-refractivity contribution is -0.141. The van der Waals surface area contributed by atoms with Crippen molar-refractivity contribution >= 4 is 23.3 Å². The Bertz CT molecular complexity index is 1060. The number of carbonyl (C=O) groups excluding carboxylic acids is 2. The third kappa shape index (κ3) is 3.92. The Labute approximate surface area is 156 Å². The van der Waals surface area contributed by atoms with Crippen LogP contribution in [0.25, 0.3) is 16.9 Å². The monoisotopic (exact) mass is 393 g/mol. The van der Waals surface area contributed by atoms with Crippen molar-refractivity contribution in [2.24, 2.45) is 0 Å². The number of halogens is 3.